The first-order chi connectivity index (χ1) is 10.6. The Bertz CT molecular complexity index is 703. The minimum Gasteiger partial charge on any atom is -0.348 e. The summed E-state index contributed by atoms with van der Waals surface area (Å²) in [6.07, 6.45) is 3.00. The average Bonchev–Trinajstić information content (AvgIpc) is 3.07. The Kier molecular flexibility index (Phi) is 4.15. The monoisotopic (exact) mass is 320 g/mol. The lowest BCUT2D eigenvalue weighted by Crippen LogP contribution is -2.33. The lowest BCUT2D eigenvalue weighted by atomic mass is 10.1. The molecule has 0 saturated heterocycles. The highest BCUT2D eigenvalue weighted by atomic mass is 32.2. The number of carbonyl (C=O) groups is 1. The van der Waals surface area contributed by atoms with E-state index in [1.165, 1.54) is 17.8 Å². The van der Waals surface area contributed by atoms with Crippen LogP contribution in [-0.2, 0) is 18.3 Å². The third-order valence-electron chi connectivity index (χ3n) is 3.85. The van der Waals surface area contributed by atoms with Crippen LogP contribution in [-0.4, -0.2) is 25.9 Å². The molecule has 1 aromatic carbocycles. The molecule has 0 fully saturated rings. The van der Waals surface area contributed by atoms with E-state index in [4.69, 9.17) is 0 Å². The standard InChI is InChI=1S/C15H17FN4OS/c1-9(22-15-19-17-8-20(15)2)14(21)18-13-7-6-10-11(13)4-3-5-12(10)16/h3-5,8-9,13H,6-7H2,1-2H3,(H,18,21)/t9-,13-/m1/s1. The second-order valence-electron chi connectivity index (χ2n) is 5.39. The van der Waals surface area contributed by atoms with E-state index in [9.17, 15) is 9.18 Å². The summed E-state index contributed by atoms with van der Waals surface area (Å²) in [7, 11) is 1.84. The molecular formula is C15H17FN4OS. The number of aromatic nitrogens is 3. The van der Waals surface area contributed by atoms with Gasteiger partial charge >= 0.3 is 0 Å². The van der Waals surface area contributed by atoms with Crippen LogP contribution in [0.5, 0.6) is 0 Å². The first-order valence-electron chi connectivity index (χ1n) is 7.14. The summed E-state index contributed by atoms with van der Waals surface area (Å²) in [5, 5.41) is 11.2. The van der Waals surface area contributed by atoms with Crippen LogP contribution in [0.1, 0.15) is 30.5 Å². The normalized spacial score (nSPS) is 18.0. The third-order valence-corrected chi connectivity index (χ3v) is 5.00. The third kappa shape index (κ3) is 2.85. The van der Waals surface area contributed by atoms with E-state index in [2.05, 4.69) is 15.5 Å². The Balaban J connectivity index is 1.66. The Morgan fingerprint density at radius 1 is 1.55 bits per heavy atom. The molecular weight excluding hydrogens is 303 g/mol. The summed E-state index contributed by atoms with van der Waals surface area (Å²) in [4.78, 5) is 12.3. The van der Waals surface area contributed by atoms with Crippen molar-refractivity contribution in [1.82, 2.24) is 20.1 Å². The predicted octanol–water partition coefficient (Wildman–Crippen LogP) is 2.24. The molecule has 116 valence electrons. The lowest BCUT2D eigenvalue weighted by Gasteiger charge is -2.17. The highest BCUT2D eigenvalue weighted by Gasteiger charge is 2.28. The van der Waals surface area contributed by atoms with Crippen molar-refractivity contribution in [3.05, 3.63) is 41.5 Å². The van der Waals surface area contributed by atoms with E-state index >= 15 is 0 Å². The number of aryl methyl sites for hydroxylation is 1. The molecule has 2 aromatic rings. The molecule has 0 radical (unpaired) electrons. The number of carbonyl (C=O) groups excluding carboxylic acids is 1. The van der Waals surface area contributed by atoms with Gasteiger partial charge in [-0.2, -0.15) is 0 Å². The summed E-state index contributed by atoms with van der Waals surface area (Å²) in [5.74, 6) is -0.258. The summed E-state index contributed by atoms with van der Waals surface area (Å²) in [5.41, 5.74) is 1.62. The van der Waals surface area contributed by atoms with Gasteiger partial charge < -0.3 is 9.88 Å². The minimum atomic E-state index is -0.291. The molecule has 1 N–H and O–H groups in total. The fraction of sp³-hybridized carbons (Fsp3) is 0.400. The highest BCUT2D eigenvalue weighted by molar-refractivity contribution is 8.00. The van der Waals surface area contributed by atoms with Crippen LogP contribution in [0.15, 0.2) is 29.7 Å². The molecule has 1 aromatic heterocycles. The van der Waals surface area contributed by atoms with Crippen LogP contribution in [0, 0.1) is 5.82 Å². The quantitative estimate of drug-likeness (QED) is 0.878. The van der Waals surface area contributed by atoms with Crippen molar-refractivity contribution in [1.29, 1.82) is 0 Å². The van der Waals surface area contributed by atoms with Crippen molar-refractivity contribution >= 4 is 17.7 Å². The fourth-order valence-electron chi connectivity index (χ4n) is 2.64. The van der Waals surface area contributed by atoms with E-state index in [1.54, 1.807) is 17.0 Å². The molecule has 1 amide bonds. The lowest BCUT2D eigenvalue weighted by molar-refractivity contribution is -0.121. The first-order valence-corrected chi connectivity index (χ1v) is 8.02. The van der Waals surface area contributed by atoms with Crippen LogP contribution in [0.4, 0.5) is 4.39 Å². The summed E-state index contributed by atoms with van der Waals surface area (Å²) < 4.78 is 15.5. The summed E-state index contributed by atoms with van der Waals surface area (Å²) in [6, 6.07) is 4.93. The number of thioether (sulfide) groups is 1. The minimum absolute atomic E-state index is 0.0740. The molecule has 22 heavy (non-hydrogen) atoms. The molecule has 0 saturated carbocycles. The Morgan fingerprint density at radius 3 is 3.09 bits per heavy atom. The van der Waals surface area contributed by atoms with Gasteiger partial charge in [0.1, 0.15) is 12.1 Å². The van der Waals surface area contributed by atoms with Crippen molar-refractivity contribution in [2.24, 2.45) is 7.05 Å². The van der Waals surface area contributed by atoms with Crippen molar-refractivity contribution in [2.45, 2.75) is 36.2 Å². The average molecular weight is 320 g/mol. The zero-order chi connectivity index (χ0) is 15.7. The van der Waals surface area contributed by atoms with Crippen molar-refractivity contribution in [2.75, 3.05) is 0 Å². The van der Waals surface area contributed by atoms with E-state index in [0.29, 0.717) is 11.6 Å². The SMILES string of the molecule is C[C@@H](Sc1nncn1C)C(=O)N[C@@H]1CCc2c(F)cccc21. The Morgan fingerprint density at radius 2 is 2.36 bits per heavy atom. The molecule has 3 rings (SSSR count). The number of rotatable bonds is 4. The van der Waals surface area contributed by atoms with Crippen LogP contribution in [0.25, 0.3) is 0 Å². The van der Waals surface area contributed by atoms with E-state index in [1.807, 2.05) is 20.0 Å². The second kappa shape index (κ2) is 6.08. The van der Waals surface area contributed by atoms with Gasteiger partial charge in [0.2, 0.25) is 5.91 Å². The van der Waals surface area contributed by atoms with Crippen molar-refractivity contribution in [3.8, 4) is 0 Å². The maximum absolute atomic E-state index is 13.7. The zero-order valence-electron chi connectivity index (χ0n) is 12.4. The summed E-state index contributed by atoms with van der Waals surface area (Å²) >= 11 is 1.36. The first kappa shape index (κ1) is 15.0. The molecule has 7 heteroatoms. The number of nitrogens with one attached hydrogen (secondary N) is 1. The van der Waals surface area contributed by atoms with Crippen LogP contribution in [0.3, 0.4) is 0 Å². The molecule has 1 aliphatic carbocycles. The number of halogens is 1. The molecule has 1 aliphatic rings. The maximum atomic E-state index is 13.7. The van der Waals surface area contributed by atoms with Crippen LogP contribution in [0.2, 0.25) is 0 Å². The van der Waals surface area contributed by atoms with Gasteiger partial charge in [0.25, 0.3) is 0 Å². The van der Waals surface area contributed by atoms with Gasteiger partial charge in [-0.25, -0.2) is 4.39 Å². The topological polar surface area (TPSA) is 59.8 Å². The maximum Gasteiger partial charge on any atom is 0.233 e. The van der Waals surface area contributed by atoms with Crippen molar-refractivity contribution < 1.29 is 9.18 Å². The van der Waals surface area contributed by atoms with Crippen molar-refractivity contribution in [3.63, 3.8) is 0 Å². The number of hydrogen-bond donors (Lipinski definition) is 1. The van der Waals surface area contributed by atoms with Gasteiger partial charge in [-0.15, -0.1) is 10.2 Å². The molecule has 0 aliphatic heterocycles. The van der Waals surface area contributed by atoms with E-state index < -0.39 is 0 Å². The molecule has 1 heterocycles. The number of amides is 1. The van der Waals surface area contributed by atoms with Gasteiger partial charge in [0.15, 0.2) is 5.16 Å². The smallest absolute Gasteiger partial charge is 0.233 e. The van der Waals surface area contributed by atoms with Gasteiger partial charge in [-0.3, -0.25) is 4.79 Å². The number of benzene rings is 1. The Hall–Kier alpha value is -1.89. The van der Waals surface area contributed by atoms with Gasteiger partial charge in [0, 0.05) is 7.05 Å². The van der Waals surface area contributed by atoms with Crippen LogP contribution >= 0.6 is 11.8 Å². The van der Waals surface area contributed by atoms with Crippen LogP contribution < -0.4 is 5.32 Å². The largest absolute Gasteiger partial charge is 0.348 e. The highest BCUT2D eigenvalue weighted by Crippen LogP contribution is 2.33. The molecule has 0 unspecified atom stereocenters. The second-order valence-corrected chi connectivity index (χ2v) is 6.70. The predicted molar refractivity (Wildman–Crippen MR) is 81.9 cm³/mol. The molecule has 0 spiro atoms. The molecule has 0 bridgehead atoms. The number of nitrogens with zero attached hydrogens (tertiary/aromatic N) is 3. The molecule has 2 atom stereocenters. The zero-order valence-corrected chi connectivity index (χ0v) is 13.2. The number of hydrogen-bond acceptors (Lipinski definition) is 4. The van der Waals surface area contributed by atoms with E-state index in [-0.39, 0.29) is 23.0 Å². The summed E-state index contributed by atoms with van der Waals surface area (Å²) in [6.45, 7) is 1.83. The van der Waals surface area contributed by atoms with Gasteiger partial charge in [-0.05, 0) is 37.0 Å². The number of fused-ring (bicyclic) bond motifs is 1. The molecule has 5 nitrogen and oxygen atoms in total. The van der Waals surface area contributed by atoms with Gasteiger partial charge in [0.05, 0.1) is 11.3 Å². The van der Waals surface area contributed by atoms with E-state index in [0.717, 1.165) is 17.5 Å². The van der Waals surface area contributed by atoms with Gasteiger partial charge in [-0.1, -0.05) is 23.9 Å². The fourth-order valence-corrected chi connectivity index (χ4v) is 3.44. The Labute approximate surface area is 132 Å².